The maximum Gasteiger partial charge on any atom is 0.164 e. The quantitative estimate of drug-likeness (QED) is 0.761. The third-order valence-electron chi connectivity index (χ3n) is 4.48. The van der Waals surface area contributed by atoms with Crippen molar-refractivity contribution in [2.75, 3.05) is 5.01 Å². The molecule has 2 atom stereocenters. The van der Waals surface area contributed by atoms with Gasteiger partial charge in [0.05, 0.1) is 5.69 Å². The van der Waals surface area contributed by atoms with E-state index in [0.29, 0.717) is 17.9 Å². The van der Waals surface area contributed by atoms with E-state index in [2.05, 4.69) is 29.7 Å². The van der Waals surface area contributed by atoms with Gasteiger partial charge in [0.1, 0.15) is 0 Å². The summed E-state index contributed by atoms with van der Waals surface area (Å²) < 4.78 is 2.28. The van der Waals surface area contributed by atoms with Crippen LogP contribution in [0.5, 0.6) is 0 Å². The number of aromatic nitrogens is 1. The van der Waals surface area contributed by atoms with Gasteiger partial charge in [0.15, 0.2) is 5.78 Å². The lowest BCUT2D eigenvalue weighted by molar-refractivity contribution is 0.0971. The van der Waals surface area contributed by atoms with Crippen molar-refractivity contribution in [2.24, 2.45) is 0 Å². The van der Waals surface area contributed by atoms with Gasteiger partial charge in [-0.25, -0.2) is 0 Å². The lowest BCUT2D eigenvalue weighted by Gasteiger charge is -2.42. The molecule has 0 radical (unpaired) electrons. The minimum absolute atomic E-state index is 0.326. The molecule has 1 aliphatic heterocycles. The normalized spacial score (nSPS) is 28.3. The first-order valence-electron chi connectivity index (χ1n) is 7.20. The van der Waals surface area contributed by atoms with Crippen molar-refractivity contribution in [2.45, 2.75) is 64.5 Å². The number of carbonyl (C=O) groups is 1. The maximum atomic E-state index is 11.9. The molecule has 0 saturated carbocycles. The summed E-state index contributed by atoms with van der Waals surface area (Å²) in [4.78, 5) is 11.9. The van der Waals surface area contributed by atoms with Crippen LogP contribution in [0.15, 0.2) is 12.3 Å². The Kier molecular flexibility index (Phi) is 2.92. The number of piperidine rings is 1. The molecule has 1 aliphatic carbocycles. The fourth-order valence-corrected chi connectivity index (χ4v) is 3.56. The van der Waals surface area contributed by atoms with Crippen molar-refractivity contribution in [3.05, 3.63) is 23.5 Å². The fraction of sp³-hybridized carbons (Fsp3) is 0.667. The van der Waals surface area contributed by atoms with Gasteiger partial charge >= 0.3 is 0 Å². The van der Waals surface area contributed by atoms with Crippen LogP contribution in [-0.2, 0) is 6.42 Å². The molecular formula is C15H22N2O. The summed E-state index contributed by atoms with van der Waals surface area (Å²) in [5, 5.41) is 2.47. The minimum atomic E-state index is 0.326. The van der Waals surface area contributed by atoms with Gasteiger partial charge in [-0.15, -0.1) is 0 Å². The average molecular weight is 246 g/mol. The van der Waals surface area contributed by atoms with E-state index in [1.165, 1.54) is 25.0 Å². The van der Waals surface area contributed by atoms with Gasteiger partial charge in [0.2, 0.25) is 0 Å². The first-order chi connectivity index (χ1) is 8.68. The number of hydrogen-bond acceptors (Lipinski definition) is 2. The van der Waals surface area contributed by atoms with Crippen molar-refractivity contribution >= 4 is 5.78 Å². The van der Waals surface area contributed by atoms with E-state index in [9.17, 15) is 4.79 Å². The van der Waals surface area contributed by atoms with E-state index in [1.54, 1.807) is 0 Å². The van der Waals surface area contributed by atoms with Gasteiger partial charge in [-0.1, -0.05) is 0 Å². The van der Waals surface area contributed by atoms with Gasteiger partial charge in [-0.05, 0) is 52.0 Å². The Morgan fingerprint density at radius 3 is 2.56 bits per heavy atom. The predicted molar refractivity (Wildman–Crippen MR) is 72.7 cm³/mol. The predicted octanol–water partition coefficient (Wildman–Crippen LogP) is 2.91. The van der Waals surface area contributed by atoms with Gasteiger partial charge < -0.3 is 5.01 Å². The van der Waals surface area contributed by atoms with Crippen LogP contribution in [0, 0.1) is 0 Å². The number of ketones is 1. The topological polar surface area (TPSA) is 25.2 Å². The van der Waals surface area contributed by atoms with Crippen molar-refractivity contribution in [1.29, 1.82) is 0 Å². The van der Waals surface area contributed by atoms with Crippen LogP contribution >= 0.6 is 0 Å². The van der Waals surface area contributed by atoms with E-state index in [-0.39, 0.29) is 0 Å². The third kappa shape index (κ3) is 1.76. The molecule has 3 rings (SSSR count). The number of nitrogens with zero attached hydrogens (tertiary/aromatic N) is 2. The van der Waals surface area contributed by atoms with Gasteiger partial charge in [0, 0.05) is 30.3 Å². The third-order valence-corrected chi connectivity index (χ3v) is 4.48. The molecule has 2 aliphatic rings. The smallest absolute Gasteiger partial charge is 0.164 e. The Hall–Kier alpha value is -1.25. The summed E-state index contributed by atoms with van der Waals surface area (Å²) in [7, 11) is 0. The monoisotopic (exact) mass is 246 g/mol. The molecule has 0 aromatic carbocycles. The van der Waals surface area contributed by atoms with Gasteiger partial charge in [-0.2, -0.15) is 0 Å². The molecule has 0 spiro atoms. The van der Waals surface area contributed by atoms with E-state index < -0.39 is 0 Å². The summed E-state index contributed by atoms with van der Waals surface area (Å²) in [5.41, 5.74) is 2.21. The first-order valence-corrected chi connectivity index (χ1v) is 7.20. The Labute approximate surface area is 109 Å². The molecule has 0 bridgehead atoms. The molecule has 1 aromatic heterocycles. The Bertz CT molecular complexity index is 453. The number of fused-ring (bicyclic) bond motifs is 1. The Morgan fingerprint density at radius 2 is 1.83 bits per heavy atom. The summed E-state index contributed by atoms with van der Waals surface area (Å²) in [5.74, 6) is 0.326. The molecule has 0 N–H and O–H groups in total. The van der Waals surface area contributed by atoms with Crippen LogP contribution in [0.3, 0.4) is 0 Å². The summed E-state index contributed by atoms with van der Waals surface area (Å²) in [6, 6.07) is 3.16. The molecule has 3 nitrogen and oxygen atoms in total. The SMILES string of the molecule is CC1CCCC(C)N1n1ccc2c1CCCC2=O. The Morgan fingerprint density at radius 1 is 1.11 bits per heavy atom. The molecule has 0 amide bonds. The first kappa shape index (κ1) is 11.8. The zero-order valence-corrected chi connectivity index (χ0v) is 11.4. The van der Waals surface area contributed by atoms with Crippen LogP contribution in [-0.4, -0.2) is 22.5 Å². The molecule has 18 heavy (non-hydrogen) atoms. The van der Waals surface area contributed by atoms with Crippen molar-refractivity contribution in [1.82, 2.24) is 4.68 Å². The van der Waals surface area contributed by atoms with E-state index >= 15 is 0 Å². The van der Waals surface area contributed by atoms with Crippen LogP contribution in [0.2, 0.25) is 0 Å². The van der Waals surface area contributed by atoms with Crippen LogP contribution in [0.4, 0.5) is 0 Å². The fourth-order valence-electron chi connectivity index (χ4n) is 3.56. The molecule has 2 heterocycles. The second kappa shape index (κ2) is 4.45. The highest BCUT2D eigenvalue weighted by molar-refractivity contribution is 5.98. The molecule has 1 aromatic rings. The highest BCUT2D eigenvalue weighted by Gasteiger charge is 2.29. The maximum absolute atomic E-state index is 11.9. The summed E-state index contributed by atoms with van der Waals surface area (Å²) >= 11 is 0. The van der Waals surface area contributed by atoms with Crippen molar-refractivity contribution < 1.29 is 4.79 Å². The molecular weight excluding hydrogens is 224 g/mol. The lowest BCUT2D eigenvalue weighted by atomic mass is 9.96. The van der Waals surface area contributed by atoms with Crippen molar-refractivity contribution in [3.63, 3.8) is 0 Å². The van der Waals surface area contributed by atoms with E-state index in [0.717, 1.165) is 24.8 Å². The number of rotatable bonds is 1. The van der Waals surface area contributed by atoms with Crippen molar-refractivity contribution in [3.8, 4) is 0 Å². The summed E-state index contributed by atoms with van der Waals surface area (Å²) in [6.45, 7) is 4.60. The molecule has 98 valence electrons. The second-order valence-electron chi connectivity index (χ2n) is 5.81. The van der Waals surface area contributed by atoms with Gasteiger partial charge in [0.25, 0.3) is 0 Å². The zero-order valence-electron chi connectivity index (χ0n) is 11.4. The second-order valence-corrected chi connectivity index (χ2v) is 5.81. The van der Waals surface area contributed by atoms with Gasteiger partial charge in [-0.3, -0.25) is 9.47 Å². The summed E-state index contributed by atoms with van der Waals surface area (Å²) in [6.07, 6.45) is 8.71. The number of Topliss-reactive ketones (excluding diaryl/α,β-unsaturated/α-hetero) is 1. The Balaban J connectivity index is 1.99. The molecule has 1 fully saturated rings. The van der Waals surface area contributed by atoms with Crippen LogP contribution < -0.4 is 5.01 Å². The van der Waals surface area contributed by atoms with E-state index in [1.807, 2.05) is 6.07 Å². The van der Waals surface area contributed by atoms with Crippen LogP contribution in [0.25, 0.3) is 0 Å². The lowest BCUT2D eigenvalue weighted by Crippen LogP contribution is -2.51. The largest absolute Gasteiger partial charge is 0.308 e. The molecule has 1 saturated heterocycles. The molecule has 3 heteroatoms. The highest BCUT2D eigenvalue weighted by Crippen LogP contribution is 2.27. The average Bonchev–Trinajstić information content (AvgIpc) is 2.75. The zero-order chi connectivity index (χ0) is 12.7. The van der Waals surface area contributed by atoms with Crippen LogP contribution in [0.1, 0.15) is 62.0 Å². The number of hydrogen-bond donors (Lipinski definition) is 0. The highest BCUT2D eigenvalue weighted by atomic mass is 16.1. The number of carbonyl (C=O) groups excluding carboxylic acids is 1. The minimum Gasteiger partial charge on any atom is -0.308 e. The standard InChI is InChI=1S/C15H22N2O/c1-11-5-3-6-12(2)17(11)16-10-9-13-14(16)7-4-8-15(13)18/h9-12H,3-8H2,1-2H3. The van der Waals surface area contributed by atoms with E-state index in [4.69, 9.17) is 0 Å². The molecule has 2 unspecified atom stereocenters.